The lowest BCUT2D eigenvalue weighted by Gasteiger charge is -2.35. The van der Waals surface area contributed by atoms with Crippen LogP contribution in [0.3, 0.4) is 0 Å². The summed E-state index contributed by atoms with van der Waals surface area (Å²) in [5.41, 5.74) is 5.82. The van der Waals surface area contributed by atoms with Gasteiger partial charge in [-0.1, -0.05) is 13.3 Å². The number of carbonyl (C=O) groups is 2. The van der Waals surface area contributed by atoms with Gasteiger partial charge in [0.25, 0.3) is 0 Å². The summed E-state index contributed by atoms with van der Waals surface area (Å²) >= 11 is 0. The third-order valence-electron chi connectivity index (χ3n) is 3.12. The van der Waals surface area contributed by atoms with Crippen molar-refractivity contribution < 1.29 is 9.59 Å². The van der Waals surface area contributed by atoms with Crippen molar-refractivity contribution in [3.05, 3.63) is 0 Å². The van der Waals surface area contributed by atoms with Crippen LogP contribution >= 0.6 is 0 Å². The van der Waals surface area contributed by atoms with Crippen LogP contribution in [0, 0.1) is 0 Å². The molecule has 3 amide bonds. The van der Waals surface area contributed by atoms with Gasteiger partial charge in [0.05, 0.1) is 6.04 Å². The highest BCUT2D eigenvalue weighted by Gasteiger charge is 2.26. The van der Waals surface area contributed by atoms with Crippen LogP contribution in [0.5, 0.6) is 0 Å². The third kappa shape index (κ3) is 3.87. The van der Waals surface area contributed by atoms with Crippen molar-refractivity contribution in [3.8, 4) is 0 Å². The van der Waals surface area contributed by atoms with Gasteiger partial charge in [-0.15, -0.1) is 0 Å². The maximum absolute atomic E-state index is 12.0. The zero-order chi connectivity index (χ0) is 13.5. The Balaban J connectivity index is 2.39. The molecule has 1 saturated heterocycles. The number of rotatable bonds is 4. The van der Waals surface area contributed by atoms with Gasteiger partial charge in [-0.3, -0.25) is 4.79 Å². The lowest BCUT2D eigenvalue weighted by atomic mass is 10.1. The highest BCUT2D eigenvalue weighted by Crippen LogP contribution is 2.06. The fourth-order valence-electron chi connectivity index (χ4n) is 2.06. The van der Waals surface area contributed by atoms with E-state index in [4.69, 9.17) is 5.73 Å². The summed E-state index contributed by atoms with van der Waals surface area (Å²) in [6.07, 6.45) is 1.63. The van der Waals surface area contributed by atoms with Crippen LogP contribution in [0.25, 0.3) is 0 Å². The lowest BCUT2D eigenvalue weighted by Crippen LogP contribution is -2.55. The first-order chi connectivity index (χ1) is 8.60. The minimum absolute atomic E-state index is 0.00685. The van der Waals surface area contributed by atoms with Gasteiger partial charge in [-0.25, -0.2) is 4.79 Å². The third-order valence-corrected chi connectivity index (χ3v) is 3.12. The predicted molar refractivity (Wildman–Crippen MR) is 70.1 cm³/mol. The normalized spacial score (nSPS) is 17.5. The second-order valence-corrected chi connectivity index (χ2v) is 4.54. The van der Waals surface area contributed by atoms with E-state index < -0.39 is 6.04 Å². The first-order valence-electron chi connectivity index (χ1n) is 6.67. The molecule has 0 radical (unpaired) electrons. The second kappa shape index (κ2) is 7.20. The molecule has 1 aliphatic rings. The number of nitrogens with two attached hydrogens (primary N) is 1. The van der Waals surface area contributed by atoms with Crippen LogP contribution in [0.1, 0.15) is 26.7 Å². The van der Waals surface area contributed by atoms with E-state index in [9.17, 15) is 9.59 Å². The average molecular weight is 256 g/mol. The van der Waals surface area contributed by atoms with Crippen LogP contribution in [0.15, 0.2) is 0 Å². The molecular weight excluding hydrogens is 232 g/mol. The van der Waals surface area contributed by atoms with Crippen LogP contribution in [0.2, 0.25) is 0 Å². The molecule has 1 fully saturated rings. The average Bonchev–Trinajstić information content (AvgIpc) is 2.38. The number of urea groups is 1. The van der Waals surface area contributed by atoms with Gasteiger partial charge in [-0.05, 0) is 13.3 Å². The molecule has 0 unspecified atom stereocenters. The summed E-state index contributed by atoms with van der Waals surface area (Å²) in [5, 5.41) is 2.76. The highest BCUT2D eigenvalue weighted by molar-refractivity contribution is 5.82. The molecule has 0 aromatic heterocycles. The van der Waals surface area contributed by atoms with Gasteiger partial charge in [0.15, 0.2) is 0 Å². The monoisotopic (exact) mass is 256 g/mol. The molecule has 1 heterocycles. The number of amides is 3. The number of piperazine rings is 1. The Morgan fingerprint density at radius 2 is 1.72 bits per heavy atom. The van der Waals surface area contributed by atoms with Gasteiger partial charge < -0.3 is 20.9 Å². The largest absolute Gasteiger partial charge is 0.338 e. The minimum Gasteiger partial charge on any atom is -0.338 e. The van der Waals surface area contributed by atoms with Crippen molar-refractivity contribution in [2.45, 2.75) is 32.7 Å². The Kier molecular flexibility index (Phi) is 5.91. The van der Waals surface area contributed by atoms with Crippen LogP contribution in [-0.2, 0) is 4.79 Å². The molecule has 6 heteroatoms. The van der Waals surface area contributed by atoms with E-state index in [2.05, 4.69) is 5.32 Å². The molecule has 1 aliphatic heterocycles. The van der Waals surface area contributed by atoms with Gasteiger partial charge in [0, 0.05) is 32.7 Å². The van der Waals surface area contributed by atoms with E-state index in [0.29, 0.717) is 32.7 Å². The molecule has 18 heavy (non-hydrogen) atoms. The fourth-order valence-corrected chi connectivity index (χ4v) is 2.06. The number of carbonyl (C=O) groups excluding carboxylic acids is 2. The molecule has 0 aromatic carbocycles. The number of hydrogen-bond acceptors (Lipinski definition) is 3. The Morgan fingerprint density at radius 1 is 1.17 bits per heavy atom. The summed E-state index contributed by atoms with van der Waals surface area (Å²) in [7, 11) is 0. The van der Waals surface area contributed by atoms with Gasteiger partial charge >= 0.3 is 6.03 Å². The molecule has 1 atom stereocenters. The van der Waals surface area contributed by atoms with E-state index in [-0.39, 0.29) is 11.9 Å². The predicted octanol–water partition coefficient (Wildman–Crippen LogP) is -0.0125. The topological polar surface area (TPSA) is 78.7 Å². The number of nitrogens with one attached hydrogen (secondary N) is 1. The van der Waals surface area contributed by atoms with Crippen LogP contribution < -0.4 is 11.1 Å². The minimum atomic E-state index is -0.397. The molecular formula is C12H24N4O2. The maximum atomic E-state index is 12.0. The first-order valence-corrected chi connectivity index (χ1v) is 6.67. The second-order valence-electron chi connectivity index (χ2n) is 4.54. The number of hydrogen-bond donors (Lipinski definition) is 2. The van der Waals surface area contributed by atoms with Crippen LogP contribution in [-0.4, -0.2) is 60.5 Å². The fraction of sp³-hybridized carbons (Fsp3) is 0.833. The molecule has 0 aliphatic carbocycles. The van der Waals surface area contributed by atoms with Crippen molar-refractivity contribution in [1.82, 2.24) is 15.1 Å². The molecule has 104 valence electrons. The summed E-state index contributed by atoms with van der Waals surface area (Å²) in [6, 6.07) is -0.450. The Hall–Kier alpha value is -1.30. The van der Waals surface area contributed by atoms with Crippen LogP contribution in [0.4, 0.5) is 4.79 Å². The molecule has 6 nitrogen and oxygen atoms in total. The van der Waals surface area contributed by atoms with Crippen molar-refractivity contribution in [2.24, 2.45) is 5.73 Å². The molecule has 0 saturated carbocycles. The van der Waals surface area contributed by atoms with E-state index in [0.717, 1.165) is 12.8 Å². The first kappa shape index (κ1) is 14.8. The molecule has 0 spiro atoms. The number of nitrogens with zero attached hydrogens (tertiary/aromatic N) is 2. The molecule has 1 rings (SSSR count). The quantitative estimate of drug-likeness (QED) is 0.742. The zero-order valence-corrected chi connectivity index (χ0v) is 11.3. The smallest absolute Gasteiger partial charge is 0.317 e. The maximum Gasteiger partial charge on any atom is 0.317 e. The van der Waals surface area contributed by atoms with E-state index in [1.165, 1.54) is 0 Å². The summed E-state index contributed by atoms with van der Waals surface area (Å²) in [4.78, 5) is 27.1. The SMILES string of the molecule is CCC[C@H](N)C(=O)N1CCN(C(=O)NCC)CC1. The Bertz CT molecular complexity index is 288. The summed E-state index contributed by atoms with van der Waals surface area (Å²) < 4.78 is 0. The lowest BCUT2D eigenvalue weighted by molar-refractivity contribution is -0.134. The molecule has 3 N–H and O–H groups in total. The molecule has 0 aromatic rings. The standard InChI is InChI=1S/C12H24N4O2/c1-3-5-10(13)11(17)15-6-8-16(9-7-15)12(18)14-4-2/h10H,3-9,13H2,1-2H3,(H,14,18)/t10-/m0/s1. The Labute approximate surface area is 108 Å². The van der Waals surface area contributed by atoms with Crippen molar-refractivity contribution in [3.63, 3.8) is 0 Å². The van der Waals surface area contributed by atoms with Crippen molar-refractivity contribution in [2.75, 3.05) is 32.7 Å². The Morgan fingerprint density at radius 3 is 2.22 bits per heavy atom. The van der Waals surface area contributed by atoms with E-state index in [1.54, 1.807) is 9.80 Å². The van der Waals surface area contributed by atoms with Gasteiger partial charge in [0.2, 0.25) is 5.91 Å². The van der Waals surface area contributed by atoms with E-state index >= 15 is 0 Å². The zero-order valence-electron chi connectivity index (χ0n) is 11.3. The van der Waals surface area contributed by atoms with Crippen molar-refractivity contribution in [1.29, 1.82) is 0 Å². The van der Waals surface area contributed by atoms with Crippen molar-refractivity contribution >= 4 is 11.9 Å². The highest BCUT2D eigenvalue weighted by atomic mass is 16.2. The molecule has 0 bridgehead atoms. The van der Waals surface area contributed by atoms with Gasteiger partial charge in [-0.2, -0.15) is 0 Å². The van der Waals surface area contributed by atoms with Gasteiger partial charge in [0.1, 0.15) is 0 Å². The summed E-state index contributed by atoms with van der Waals surface area (Å²) in [6.45, 7) is 6.84. The van der Waals surface area contributed by atoms with E-state index in [1.807, 2.05) is 13.8 Å². The summed E-state index contributed by atoms with van der Waals surface area (Å²) in [5.74, 6) is 0.00685.